The Morgan fingerprint density at radius 2 is 1.91 bits per heavy atom. The number of hydrogen-bond acceptors (Lipinski definition) is 5. The van der Waals surface area contributed by atoms with Gasteiger partial charge in [-0.2, -0.15) is 5.26 Å². The van der Waals surface area contributed by atoms with Crippen molar-refractivity contribution in [2.45, 2.75) is 13.8 Å². The molecular formula is C27H23BrN4O3. The van der Waals surface area contributed by atoms with E-state index in [1.807, 2.05) is 50.2 Å². The molecule has 0 aliphatic carbocycles. The predicted octanol–water partition coefficient (Wildman–Crippen LogP) is 6.03. The van der Waals surface area contributed by atoms with E-state index in [0.717, 1.165) is 32.2 Å². The number of carbonyl (C=O) groups excluding carboxylic acids is 1. The number of anilines is 1. The monoisotopic (exact) mass is 530 g/mol. The lowest BCUT2D eigenvalue weighted by Gasteiger charge is -2.13. The number of aromatic amines is 1. The molecular weight excluding hydrogens is 508 g/mol. The molecule has 0 bridgehead atoms. The van der Waals surface area contributed by atoms with Crippen molar-refractivity contribution >= 4 is 50.2 Å². The number of halogens is 1. The fraction of sp³-hybridized carbons (Fsp3) is 0.148. The van der Waals surface area contributed by atoms with E-state index in [-0.39, 0.29) is 12.5 Å². The summed E-state index contributed by atoms with van der Waals surface area (Å²) in [7, 11) is 1.52. The maximum atomic E-state index is 12.5. The molecule has 0 unspecified atom stereocenters. The predicted molar refractivity (Wildman–Crippen MR) is 140 cm³/mol. The first-order valence-corrected chi connectivity index (χ1v) is 11.6. The second-order valence-electron chi connectivity index (χ2n) is 7.94. The molecule has 0 saturated carbocycles. The number of benzene rings is 3. The molecule has 176 valence electrons. The van der Waals surface area contributed by atoms with Crippen molar-refractivity contribution in [3.05, 3.63) is 81.6 Å². The van der Waals surface area contributed by atoms with Crippen LogP contribution in [0.5, 0.6) is 11.5 Å². The van der Waals surface area contributed by atoms with Crippen molar-refractivity contribution in [2.75, 3.05) is 19.0 Å². The number of methoxy groups -OCH3 is 1. The molecule has 0 atom stereocenters. The number of fused-ring (bicyclic) bond motifs is 1. The van der Waals surface area contributed by atoms with Crippen LogP contribution < -0.4 is 14.8 Å². The van der Waals surface area contributed by atoms with Crippen molar-refractivity contribution in [1.82, 2.24) is 9.97 Å². The second kappa shape index (κ2) is 10.5. The molecule has 8 heteroatoms. The number of ether oxygens (including phenoxy) is 2. The number of rotatable bonds is 7. The number of aryl methyl sites for hydroxylation is 2. The molecule has 2 N–H and O–H groups in total. The van der Waals surface area contributed by atoms with Gasteiger partial charge in [0.15, 0.2) is 18.1 Å². The molecule has 0 spiro atoms. The molecule has 1 heterocycles. The number of nitrogens with zero attached hydrogens (tertiary/aromatic N) is 2. The molecule has 1 amide bonds. The van der Waals surface area contributed by atoms with E-state index >= 15 is 0 Å². The smallest absolute Gasteiger partial charge is 0.262 e. The fourth-order valence-corrected chi connectivity index (χ4v) is 4.06. The summed E-state index contributed by atoms with van der Waals surface area (Å²) in [5.41, 5.74) is 5.65. The maximum Gasteiger partial charge on any atom is 0.262 e. The van der Waals surface area contributed by atoms with Gasteiger partial charge in [0, 0.05) is 4.47 Å². The van der Waals surface area contributed by atoms with Crippen LogP contribution >= 0.6 is 15.9 Å². The third kappa shape index (κ3) is 5.53. The summed E-state index contributed by atoms with van der Waals surface area (Å²) in [4.78, 5) is 20.1. The van der Waals surface area contributed by atoms with E-state index in [0.29, 0.717) is 28.6 Å². The zero-order valence-corrected chi connectivity index (χ0v) is 21.1. The van der Waals surface area contributed by atoms with Gasteiger partial charge in [-0.3, -0.25) is 4.79 Å². The van der Waals surface area contributed by atoms with Gasteiger partial charge in [-0.1, -0.05) is 18.2 Å². The highest BCUT2D eigenvalue weighted by molar-refractivity contribution is 9.10. The average Bonchev–Trinajstić information content (AvgIpc) is 3.29. The van der Waals surface area contributed by atoms with Gasteiger partial charge in [0.2, 0.25) is 0 Å². The minimum atomic E-state index is -0.295. The first kappa shape index (κ1) is 24.0. The van der Waals surface area contributed by atoms with Crippen LogP contribution in [0.25, 0.3) is 22.7 Å². The quantitative estimate of drug-likeness (QED) is 0.284. The summed E-state index contributed by atoms with van der Waals surface area (Å²) >= 11 is 3.48. The standard InChI is InChI=1S/C27H23BrN4O3/c1-16-10-20(28)23(11-17(16)2)30-26(33)15-35-24-9-8-18(13-25(24)34-3)12-19(14-29)27-31-21-6-4-5-7-22(21)32-27/h4-13H,15H2,1-3H3,(H,30,33)(H,31,32)/b19-12+. The Labute approximate surface area is 211 Å². The number of H-pyrrole nitrogens is 1. The highest BCUT2D eigenvalue weighted by Gasteiger charge is 2.12. The zero-order valence-electron chi connectivity index (χ0n) is 19.5. The Hall–Kier alpha value is -4.09. The van der Waals surface area contributed by atoms with E-state index in [2.05, 4.69) is 37.3 Å². The van der Waals surface area contributed by atoms with Gasteiger partial charge < -0.3 is 19.8 Å². The molecule has 0 aliphatic heterocycles. The molecule has 4 rings (SSSR count). The topological polar surface area (TPSA) is 100 Å². The lowest BCUT2D eigenvalue weighted by molar-refractivity contribution is -0.118. The molecule has 35 heavy (non-hydrogen) atoms. The van der Waals surface area contributed by atoms with Crippen LogP contribution in [0.4, 0.5) is 5.69 Å². The maximum absolute atomic E-state index is 12.5. The molecule has 0 fully saturated rings. The minimum absolute atomic E-state index is 0.187. The van der Waals surface area contributed by atoms with Crippen LogP contribution in [-0.4, -0.2) is 29.6 Å². The fourth-order valence-electron chi connectivity index (χ4n) is 3.50. The number of para-hydroxylation sites is 2. The lowest BCUT2D eigenvalue weighted by Crippen LogP contribution is -2.20. The van der Waals surface area contributed by atoms with Gasteiger partial charge >= 0.3 is 0 Å². The molecule has 7 nitrogen and oxygen atoms in total. The summed E-state index contributed by atoms with van der Waals surface area (Å²) in [6.45, 7) is 3.81. The molecule has 0 saturated heterocycles. The Kier molecular flexibility index (Phi) is 7.18. The number of nitrogens with one attached hydrogen (secondary N) is 2. The average molecular weight is 531 g/mol. The van der Waals surface area contributed by atoms with Gasteiger partial charge in [-0.05, 0) is 88.9 Å². The highest BCUT2D eigenvalue weighted by Crippen LogP contribution is 2.30. The van der Waals surface area contributed by atoms with Crippen molar-refractivity contribution in [3.8, 4) is 17.6 Å². The highest BCUT2D eigenvalue weighted by atomic mass is 79.9. The van der Waals surface area contributed by atoms with Gasteiger partial charge in [-0.15, -0.1) is 0 Å². The third-order valence-corrected chi connectivity index (χ3v) is 6.14. The van der Waals surface area contributed by atoms with E-state index in [1.165, 1.54) is 7.11 Å². The lowest BCUT2D eigenvalue weighted by atomic mass is 10.1. The summed E-state index contributed by atoms with van der Waals surface area (Å²) < 4.78 is 12.0. The number of amides is 1. The van der Waals surface area contributed by atoms with Gasteiger partial charge in [0.25, 0.3) is 5.91 Å². The van der Waals surface area contributed by atoms with Gasteiger partial charge in [-0.25, -0.2) is 4.98 Å². The Morgan fingerprint density at radius 1 is 1.14 bits per heavy atom. The van der Waals surface area contributed by atoms with Gasteiger partial charge in [0.1, 0.15) is 11.9 Å². The molecule has 4 aromatic rings. The number of allylic oxidation sites excluding steroid dienone is 1. The van der Waals surface area contributed by atoms with Crippen molar-refractivity contribution in [2.24, 2.45) is 0 Å². The van der Waals surface area contributed by atoms with Crippen LogP contribution in [0.15, 0.2) is 59.1 Å². The largest absolute Gasteiger partial charge is 0.493 e. The third-order valence-electron chi connectivity index (χ3n) is 5.48. The zero-order chi connectivity index (χ0) is 24.9. The van der Waals surface area contributed by atoms with E-state index < -0.39 is 0 Å². The van der Waals surface area contributed by atoms with E-state index in [9.17, 15) is 10.1 Å². The summed E-state index contributed by atoms with van der Waals surface area (Å²) in [6, 6.07) is 18.9. The molecule has 3 aromatic carbocycles. The van der Waals surface area contributed by atoms with E-state index in [4.69, 9.17) is 9.47 Å². The molecule has 1 aromatic heterocycles. The van der Waals surface area contributed by atoms with Crippen molar-refractivity contribution < 1.29 is 14.3 Å². The molecule has 0 aliphatic rings. The number of imidazole rings is 1. The number of carbonyl (C=O) groups is 1. The van der Waals surface area contributed by atoms with Crippen LogP contribution in [0, 0.1) is 25.2 Å². The minimum Gasteiger partial charge on any atom is -0.493 e. The second-order valence-corrected chi connectivity index (χ2v) is 8.79. The van der Waals surface area contributed by atoms with E-state index in [1.54, 1.807) is 24.3 Å². The van der Waals surface area contributed by atoms with Crippen LogP contribution in [0.1, 0.15) is 22.5 Å². The Bertz CT molecular complexity index is 1450. The normalized spacial score (nSPS) is 11.2. The molecule has 0 radical (unpaired) electrons. The Balaban J connectivity index is 1.48. The first-order valence-electron chi connectivity index (χ1n) is 10.8. The van der Waals surface area contributed by atoms with Crippen LogP contribution in [0.2, 0.25) is 0 Å². The first-order chi connectivity index (χ1) is 16.9. The van der Waals surface area contributed by atoms with Crippen molar-refractivity contribution in [1.29, 1.82) is 5.26 Å². The Morgan fingerprint density at radius 3 is 2.66 bits per heavy atom. The van der Waals surface area contributed by atoms with Crippen LogP contribution in [-0.2, 0) is 4.79 Å². The van der Waals surface area contributed by atoms with Crippen molar-refractivity contribution in [3.63, 3.8) is 0 Å². The summed E-state index contributed by atoms with van der Waals surface area (Å²) in [5.74, 6) is 1.06. The summed E-state index contributed by atoms with van der Waals surface area (Å²) in [6.07, 6.45) is 1.72. The summed E-state index contributed by atoms with van der Waals surface area (Å²) in [5, 5.41) is 12.5. The number of nitriles is 1. The van der Waals surface area contributed by atoms with Crippen LogP contribution in [0.3, 0.4) is 0 Å². The van der Waals surface area contributed by atoms with Gasteiger partial charge in [0.05, 0.1) is 29.4 Å². The number of aromatic nitrogens is 2. The SMILES string of the molecule is COc1cc(/C=C(\C#N)c2nc3ccccc3[nH]2)ccc1OCC(=O)Nc1cc(C)c(C)cc1Br. The number of hydrogen-bond donors (Lipinski definition) is 2.